The fourth-order valence-electron chi connectivity index (χ4n) is 1.84. The molecule has 4 nitrogen and oxygen atoms in total. The molecule has 2 heterocycles. The summed E-state index contributed by atoms with van der Waals surface area (Å²) < 4.78 is 0.582. The first-order chi connectivity index (χ1) is 9.20. The highest BCUT2D eigenvalue weighted by molar-refractivity contribution is 9.11. The first kappa shape index (κ1) is 12.1. The summed E-state index contributed by atoms with van der Waals surface area (Å²) in [7, 11) is 0. The summed E-state index contributed by atoms with van der Waals surface area (Å²) in [5, 5.41) is 10.0. The fraction of sp³-hybridized carbons (Fsp3) is 0. The van der Waals surface area contributed by atoms with E-state index in [1.54, 1.807) is 6.20 Å². The number of nitrogens with one attached hydrogen (secondary N) is 1. The second kappa shape index (κ2) is 4.61. The van der Waals surface area contributed by atoms with E-state index in [2.05, 4.69) is 25.9 Å². The summed E-state index contributed by atoms with van der Waals surface area (Å²) in [6.45, 7) is 0. The van der Waals surface area contributed by atoms with Crippen LogP contribution >= 0.6 is 27.3 Å². The quantitative estimate of drug-likeness (QED) is 0.730. The maximum absolute atomic E-state index is 12.4. The Morgan fingerprint density at radius 3 is 2.95 bits per heavy atom. The van der Waals surface area contributed by atoms with E-state index in [0.717, 1.165) is 10.9 Å². The number of hydrogen-bond acceptors (Lipinski definition) is 4. The van der Waals surface area contributed by atoms with E-state index in [4.69, 9.17) is 5.26 Å². The van der Waals surface area contributed by atoms with Gasteiger partial charge in [0.25, 0.3) is 0 Å². The van der Waals surface area contributed by atoms with Gasteiger partial charge in [0.15, 0.2) is 10.7 Å². The summed E-state index contributed by atoms with van der Waals surface area (Å²) in [6.07, 6.45) is 1.67. The first-order valence-corrected chi connectivity index (χ1v) is 6.99. The Bertz CT molecular complexity index is 828. The summed E-state index contributed by atoms with van der Waals surface area (Å²) in [5.74, 6) is -0.176. The number of nitrogens with zero attached hydrogens (tertiary/aromatic N) is 2. The Labute approximate surface area is 120 Å². The average molecular weight is 332 g/mol. The van der Waals surface area contributed by atoms with E-state index in [-0.39, 0.29) is 11.5 Å². The molecule has 0 amide bonds. The lowest BCUT2D eigenvalue weighted by atomic mass is 10.1. The van der Waals surface area contributed by atoms with Crippen molar-refractivity contribution in [3.8, 4) is 6.07 Å². The highest BCUT2D eigenvalue weighted by Crippen LogP contribution is 2.28. The third kappa shape index (κ3) is 1.97. The molecule has 0 aliphatic carbocycles. The van der Waals surface area contributed by atoms with Gasteiger partial charge in [-0.05, 0) is 22.0 Å². The second-order valence-corrected chi connectivity index (χ2v) is 6.15. The summed E-state index contributed by atoms with van der Waals surface area (Å²) in [5.41, 5.74) is 1.72. The molecule has 0 fully saturated rings. The number of carbonyl (C=O) groups excluding carboxylic acids is 1. The predicted octanol–water partition coefficient (Wildman–Crippen LogP) is 3.49. The predicted molar refractivity (Wildman–Crippen MR) is 76.3 cm³/mol. The number of benzene rings is 1. The van der Waals surface area contributed by atoms with Gasteiger partial charge < -0.3 is 4.98 Å². The summed E-state index contributed by atoms with van der Waals surface area (Å²) in [6, 6.07) is 9.52. The molecule has 0 aliphatic rings. The molecule has 0 spiro atoms. The number of para-hydroxylation sites is 1. The van der Waals surface area contributed by atoms with Crippen molar-refractivity contribution in [2.75, 3.05) is 0 Å². The molecule has 1 aromatic carbocycles. The van der Waals surface area contributed by atoms with Gasteiger partial charge in [-0.15, -0.1) is 11.3 Å². The number of nitriles is 1. The van der Waals surface area contributed by atoms with Crippen molar-refractivity contribution in [2.24, 2.45) is 0 Å². The van der Waals surface area contributed by atoms with E-state index in [0.29, 0.717) is 14.4 Å². The van der Waals surface area contributed by atoms with Crippen LogP contribution in [0.25, 0.3) is 10.9 Å². The van der Waals surface area contributed by atoms with Crippen LogP contribution in [-0.2, 0) is 0 Å². The van der Waals surface area contributed by atoms with E-state index in [9.17, 15) is 4.79 Å². The molecule has 3 rings (SSSR count). The zero-order valence-electron chi connectivity index (χ0n) is 9.48. The number of ketones is 1. The van der Waals surface area contributed by atoms with Crippen LogP contribution < -0.4 is 0 Å². The molecule has 0 saturated carbocycles. The van der Waals surface area contributed by atoms with Crippen molar-refractivity contribution >= 4 is 44.0 Å². The van der Waals surface area contributed by atoms with Crippen LogP contribution in [0.3, 0.4) is 0 Å². The minimum atomic E-state index is -0.176. The molecule has 0 saturated heterocycles. The van der Waals surface area contributed by atoms with E-state index < -0.39 is 0 Å². The maximum Gasteiger partial charge on any atom is 0.223 e. The van der Waals surface area contributed by atoms with E-state index >= 15 is 0 Å². The topological polar surface area (TPSA) is 69.5 Å². The van der Waals surface area contributed by atoms with Gasteiger partial charge in [-0.1, -0.05) is 18.2 Å². The van der Waals surface area contributed by atoms with Gasteiger partial charge in [-0.3, -0.25) is 4.79 Å². The molecule has 0 bridgehead atoms. The third-order valence-corrected chi connectivity index (χ3v) is 4.42. The molecule has 6 heteroatoms. The third-order valence-electron chi connectivity index (χ3n) is 2.72. The number of thiazole rings is 1. The van der Waals surface area contributed by atoms with E-state index in [1.807, 2.05) is 30.3 Å². The van der Waals surface area contributed by atoms with Crippen LogP contribution in [-0.4, -0.2) is 15.8 Å². The molecule has 0 radical (unpaired) electrons. The minimum absolute atomic E-state index is 0.176. The number of hydrogen-bond donors (Lipinski definition) is 1. The Hall–Kier alpha value is -1.97. The lowest BCUT2D eigenvalue weighted by molar-refractivity contribution is 0.104. The molecule has 0 aliphatic heterocycles. The number of aromatic nitrogens is 2. The van der Waals surface area contributed by atoms with Gasteiger partial charge in [0, 0.05) is 17.1 Å². The zero-order chi connectivity index (χ0) is 13.4. The second-order valence-electron chi connectivity index (χ2n) is 3.83. The van der Waals surface area contributed by atoms with Gasteiger partial charge in [0.05, 0.1) is 5.56 Å². The number of fused-ring (bicyclic) bond motifs is 1. The van der Waals surface area contributed by atoms with Crippen molar-refractivity contribution in [2.45, 2.75) is 0 Å². The van der Waals surface area contributed by atoms with Crippen LogP contribution in [0.4, 0.5) is 0 Å². The minimum Gasteiger partial charge on any atom is -0.360 e. The maximum atomic E-state index is 12.4. The van der Waals surface area contributed by atoms with Crippen molar-refractivity contribution in [1.82, 2.24) is 9.97 Å². The highest BCUT2D eigenvalue weighted by atomic mass is 79.9. The molecule has 2 aromatic heterocycles. The Morgan fingerprint density at radius 2 is 2.21 bits per heavy atom. The highest BCUT2D eigenvalue weighted by Gasteiger charge is 2.19. The lowest BCUT2D eigenvalue weighted by Gasteiger charge is -1.94. The largest absolute Gasteiger partial charge is 0.360 e. The van der Waals surface area contributed by atoms with Crippen LogP contribution in [0.5, 0.6) is 0 Å². The van der Waals surface area contributed by atoms with Crippen LogP contribution in [0, 0.1) is 11.3 Å². The van der Waals surface area contributed by atoms with Gasteiger partial charge >= 0.3 is 0 Å². The number of halogens is 1. The van der Waals surface area contributed by atoms with Crippen molar-refractivity contribution in [1.29, 1.82) is 5.26 Å². The molecule has 19 heavy (non-hydrogen) atoms. The Kier molecular flexibility index (Phi) is 2.93. The number of carbonyl (C=O) groups is 1. The molecule has 1 N–H and O–H groups in total. The number of rotatable bonds is 2. The Morgan fingerprint density at radius 1 is 1.42 bits per heavy atom. The number of aromatic amines is 1. The van der Waals surface area contributed by atoms with Gasteiger partial charge in [0.2, 0.25) is 5.78 Å². The van der Waals surface area contributed by atoms with Crippen LogP contribution in [0.2, 0.25) is 0 Å². The van der Waals surface area contributed by atoms with E-state index in [1.165, 1.54) is 11.3 Å². The molecule has 3 aromatic rings. The summed E-state index contributed by atoms with van der Waals surface area (Å²) >= 11 is 4.41. The van der Waals surface area contributed by atoms with Gasteiger partial charge in [-0.2, -0.15) is 5.26 Å². The molecule has 92 valence electrons. The average Bonchev–Trinajstić information content (AvgIpc) is 3.01. The SMILES string of the molecule is N#Cc1nc(C(=O)c2c[nH]c3ccccc23)sc1Br. The smallest absolute Gasteiger partial charge is 0.223 e. The lowest BCUT2D eigenvalue weighted by Crippen LogP contribution is -1.99. The van der Waals surface area contributed by atoms with Crippen molar-refractivity contribution < 1.29 is 4.79 Å². The summed E-state index contributed by atoms with van der Waals surface area (Å²) in [4.78, 5) is 19.5. The van der Waals surface area contributed by atoms with Gasteiger partial charge in [0.1, 0.15) is 9.86 Å². The zero-order valence-corrected chi connectivity index (χ0v) is 11.9. The molecular weight excluding hydrogens is 326 g/mol. The Balaban J connectivity index is 2.11. The molecular formula is C13H6BrN3OS. The molecule has 0 unspecified atom stereocenters. The number of H-pyrrole nitrogens is 1. The normalized spacial score (nSPS) is 10.5. The fourth-order valence-corrected chi connectivity index (χ4v) is 3.18. The van der Waals surface area contributed by atoms with Crippen molar-refractivity contribution in [3.63, 3.8) is 0 Å². The van der Waals surface area contributed by atoms with Crippen LogP contribution in [0.1, 0.15) is 21.1 Å². The first-order valence-electron chi connectivity index (χ1n) is 5.38. The van der Waals surface area contributed by atoms with Crippen LogP contribution in [0.15, 0.2) is 34.2 Å². The molecule has 0 atom stereocenters. The van der Waals surface area contributed by atoms with Gasteiger partial charge in [-0.25, -0.2) is 4.98 Å². The van der Waals surface area contributed by atoms with Crippen molar-refractivity contribution in [3.05, 3.63) is 50.5 Å². The monoisotopic (exact) mass is 331 g/mol. The standard InChI is InChI=1S/C13H6BrN3OS/c14-12-10(5-15)17-13(19-12)11(18)8-6-16-9-4-2-1-3-7(8)9/h1-4,6,16H.